The van der Waals surface area contributed by atoms with Gasteiger partial charge in [0.15, 0.2) is 23.2 Å². The highest BCUT2D eigenvalue weighted by Gasteiger charge is 2.20. The Hall–Kier alpha value is -2.23. The van der Waals surface area contributed by atoms with Crippen LogP contribution in [0.4, 0.5) is 13.2 Å². The average molecular weight is 318 g/mol. The van der Waals surface area contributed by atoms with Crippen LogP contribution in [0.2, 0.25) is 0 Å². The molecule has 1 nitrogen and oxygen atoms in total. The molecule has 3 rings (SSSR count). The standard InChI is InChI=1S/C19H17F3O/c1-3-11-6-7-15(19(22)18(11)21)13-5-4-12-10-17(23-2)16(20)9-14(12)8-13/h6-10H,3-5H2,1-2H3. The summed E-state index contributed by atoms with van der Waals surface area (Å²) in [7, 11) is 1.42. The van der Waals surface area contributed by atoms with Crippen molar-refractivity contribution in [3.8, 4) is 5.75 Å². The minimum absolute atomic E-state index is 0.199. The van der Waals surface area contributed by atoms with E-state index in [9.17, 15) is 13.2 Å². The summed E-state index contributed by atoms with van der Waals surface area (Å²) in [4.78, 5) is 0. The summed E-state index contributed by atoms with van der Waals surface area (Å²) >= 11 is 0. The number of halogens is 3. The minimum atomic E-state index is -0.826. The van der Waals surface area contributed by atoms with Gasteiger partial charge in [0.25, 0.3) is 0 Å². The number of aryl methyl sites for hydroxylation is 2. The van der Waals surface area contributed by atoms with Gasteiger partial charge in [0.2, 0.25) is 0 Å². The molecule has 0 spiro atoms. The van der Waals surface area contributed by atoms with Gasteiger partial charge in [0, 0.05) is 5.56 Å². The third-order valence-corrected chi connectivity index (χ3v) is 4.30. The van der Waals surface area contributed by atoms with E-state index in [4.69, 9.17) is 4.74 Å². The smallest absolute Gasteiger partial charge is 0.166 e. The molecule has 1 aliphatic carbocycles. The van der Waals surface area contributed by atoms with Crippen molar-refractivity contribution < 1.29 is 17.9 Å². The van der Waals surface area contributed by atoms with Crippen molar-refractivity contribution in [2.45, 2.75) is 26.2 Å². The molecule has 0 fully saturated rings. The number of hydrogen-bond acceptors (Lipinski definition) is 1. The summed E-state index contributed by atoms with van der Waals surface area (Å²) in [6, 6.07) is 6.25. The topological polar surface area (TPSA) is 9.23 Å². The van der Waals surface area contributed by atoms with Crippen LogP contribution in [0.1, 0.15) is 35.6 Å². The maximum Gasteiger partial charge on any atom is 0.166 e. The SMILES string of the molecule is CCc1ccc(C2=Cc3cc(F)c(OC)cc3CC2)c(F)c1F. The number of rotatable bonds is 3. The molecule has 0 radical (unpaired) electrons. The Kier molecular flexibility index (Phi) is 4.16. The monoisotopic (exact) mass is 318 g/mol. The highest BCUT2D eigenvalue weighted by molar-refractivity contribution is 5.85. The van der Waals surface area contributed by atoms with Crippen molar-refractivity contribution in [2.24, 2.45) is 0 Å². The van der Waals surface area contributed by atoms with Crippen molar-refractivity contribution in [1.29, 1.82) is 0 Å². The molecule has 0 aliphatic heterocycles. The molecule has 0 atom stereocenters. The molecule has 0 bridgehead atoms. The van der Waals surface area contributed by atoms with Crippen LogP contribution in [-0.2, 0) is 12.8 Å². The first-order valence-corrected chi connectivity index (χ1v) is 7.59. The fraction of sp³-hybridized carbons (Fsp3) is 0.263. The van der Waals surface area contributed by atoms with Gasteiger partial charge in [0.1, 0.15) is 0 Å². The van der Waals surface area contributed by atoms with Crippen LogP contribution in [0.25, 0.3) is 11.6 Å². The Balaban J connectivity index is 2.06. The third kappa shape index (κ3) is 2.74. The fourth-order valence-corrected chi connectivity index (χ4v) is 2.97. The summed E-state index contributed by atoms with van der Waals surface area (Å²) in [5, 5.41) is 0. The number of methoxy groups -OCH3 is 1. The molecular weight excluding hydrogens is 301 g/mol. The maximum atomic E-state index is 14.3. The average Bonchev–Trinajstić information content (AvgIpc) is 2.56. The second kappa shape index (κ2) is 6.11. The first-order chi connectivity index (χ1) is 11.0. The van der Waals surface area contributed by atoms with Crippen LogP contribution in [0.5, 0.6) is 5.75 Å². The Morgan fingerprint density at radius 2 is 1.83 bits per heavy atom. The molecule has 0 N–H and O–H groups in total. The second-order valence-electron chi connectivity index (χ2n) is 5.61. The van der Waals surface area contributed by atoms with Gasteiger partial charge in [-0.15, -0.1) is 0 Å². The van der Waals surface area contributed by atoms with Crippen LogP contribution >= 0.6 is 0 Å². The Bertz CT molecular complexity index is 794. The van der Waals surface area contributed by atoms with Crippen molar-refractivity contribution in [3.05, 3.63) is 64.0 Å². The first kappa shape index (κ1) is 15.7. The molecule has 1 aliphatic rings. The Labute approximate surface area is 133 Å². The van der Waals surface area contributed by atoms with E-state index in [1.165, 1.54) is 13.2 Å². The molecule has 0 saturated carbocycles. The zero-order valence-corrected chi connectivity index (χ0v) is 13.1. The number of ether oxygens (including phenoxy) is 1. The molecule has 2 aromatic rings. The third-order valence-electron chi connectivity index (χ3n) is 4.30. The van der Waals surface area contributed by atoms with E-state index in [0.29, 0.717) is 36.0 Å². The minimum Gasteiger partial charge on any atom is -0.494 e. The molecule has 0 aromatic heterocycles. The lowest BCUT2D eigenvalue weighted by Gasteiger charge is -2.19. The van der Waals surface area contributed by atoms with Gasteiger partial charge < -0.3 is 4.74 Å². The summed E-state index contributed by atoms with van der Waals surface area (Å²) in [5.41, 5.74) is 2.92. The number of benzene rings is 2. The van der Waals surface area contributed by atoms with Crippen molar-refractivity contribution >= 4 is 11.6 Å². The Morgan fingerprint density at radius 1 is 1.04 bits per heavy atom. The van der Waals surface area contributed by atoms with E-state index in [-0.39, 0.29) is 11.3 Å². The van der Waals surface area contributed by atoms with Crippen LogP contribution in [-0.4, -0.2) is 7.11 Å². The van der Waals surface area contributed by atoms with E-state index < -0.39 is 17.5 Å². The molecule has 0 unspecified atom stereocenters. The van der Waals surface area contributed by atoms with Crippen LogP contribution in [0.3, 0.4) is 0 Å². The van der Waals surface area contributed by atoms with E-state index in [0.717, 1.165) is 5.56 Å². The van der Waals surface area contributed by atoms with Gasteiger partial charge in [-0.05, 0) is 53.7 Å². The molecule has 0 heterocycles. The summed E-state index contributed by atoms with van der Waals surface area (Å²) < 4.78 is 47.1. The van der Waals surface area contributed by atoms with Gasteiger partial charge in [0.05, 0.1) is 7.11 Å². The first-order valence-electron chi connectivity index (χ1n) is 7.59. The quantitative estimate of drug-likeness (QED) is 0.759. The van der Waals surface area contributed by atoms with Crippen LogP contribution in [0, 0.1) is 17.5 Å². The van der Waals surface area contributed by atoms with E-state index in [1.807, 2.05) is 0 Å². The van der Waals surface area contributed by atoms with E-state index in [1.54, 1.807) is 31.2 Å². The molecule has 2 aromatic carbocycles. The number of fused-ring (bicyclic) bond motifs is 1. The normalized spacial score (nSPS) is 13.5. The summed E-state index contributed by atoms with van der Waals surface area (Å²) in [5.74, 6) is -1.88. The summed E-state index contributed by atoms with van der Waals surface area (Å²) in [6.07, 6.45) is 3.37. The number of hydrogen-bond donors (Lipinski definition) is 0. The largest absolute Gasteiger partial charge is 0.494 e. The molecule has 23 heavy (non-hydrogen) atoms. The number of allylic oxidation sites excluding steroid dienone is 1. The molecule has 0 amide bonds. The predicted octanol–water partition coefficient (Wildman–Crippen LogP) is 5.16. The predicted molar refractivity (Wildman–Crippen MR) is 84.9 cm³/mol. The van der Waals surface area contributed by atoms with Gasteiger partial charge in [-0.3, -0.25) is 0 Å². The highest BCUT2D eigenvalue weighted by Crippen LogP contribution is 2.35. The zero-order chi connectivity index (χ0) is 16.6. The van der Waals surface area contributed by atoms with Crippen molar-refractivity contribution in [2.75, 3.05) is 7.11 Å². The summed E-state index contributed by atoms with van der Waals surface area (Å²) in [6.45, 7) is 1.78. The second-order valence-corrected chi connectivity index (χ2v) is 5.61. The van der Waals surface area contributed by atoms with Gasteiger partial charge >= 0.3 is 0 Å². The fourth-order valence-electron chi connectivity index (χ4n) is 2.97. The van der Waals surface area contributed by atoms with Crippen molar-refractivity contribution in [3.63, 3.8) is 0 Å². The molecule has 0 saturated heterocycles. The lowest BCUT2D eigenvalue weighted by molar-refractivity contribution is 0.386. The zero-order valence-electron chi connectivity index (χ0n) is 13.1. The van der Waals surface area contributed by atoms with Gasteiger partial charge in [-0.25, -0.2) is 13.2 Å². The van der Waals surface area contributed by atoms with Gasteiger partial charge in [-0.1, -0.05) is 25.1 Å². The van der Waals surface area contributed by atoms with Crippen LogP contribution in [0.15, 0.2) is 24.3 Å². The maximum absolute atomic E-state index is 14.3. The van der Waals surface area contributed by atoms with Gasteiger partial charge in [-0.2, -0.15) is 0 Å². The Morgan fingerprint density at radius 3 is 2.52 bits per heavy atom. The lowest BCUT2D eigenvalue weighted by atomic mass is 9.87. The van der Waals surface area contributed by atoms with E-state index >= 15 is 0 Å². The molecule has 120 valence electrons. The highest BCUT2D eigenvalue weighted by atomic mass is 19.2. The van der Waals surface area contributed by atoms with Crippen LogP contribution < -0.4 is 4.74 Å². The molecular formula is C19H17F3O. The lowest BCUT2D eigenvalue weighted by Crippen LogP contribution is -2.04. The van der Waals surface area contributed by atoms with E-state index in [2.05, 4.69) is 0 Å². The molecule has 4 heteroatoms. The van der Waals surface area contributed by atoms with Crippen molar-refractivity contribution in [1.82, 2.24) is 0 Å².